The summed E-state index contributed by atoms with van der Waals surface area (Å²) in [7, 11) is 0. The van der Waals surface area contributed by atoms with Gasteiger partial charge >= 0.3 is 297 Å². The van der Waals surface area contributed by atoms with Crippen LogP contribution in [-0.4, -0.2) is 29.5 Å². The second-order valence-corrected chi connectivity index (χ2v) is 14.9. The van der Waals surface area contributed by atoms with E-state index >= 15 is 0 Å². The van der Waals surface area contributed by atoms with Crippen molar-refractivity contribution in [2.75, 3.05) is 0 Å². The quantitative estimate of drug-likeness (QED) is 0.132. The summed E-state index contributed by atoms with van der Waals surface area (Å²) in [6, 6.07) is 62.4. The van der Waals surface area contributed by atoms with Gasteiger partial charge < -0.3 is 0 Å². The summed E-state index contributed by atoms with van der Waals surface area (Å²) in [5, 5.41) is 7.88. The van der Waals surface area contributed by atoms with Gasteiger partial charge in [-0.05, 0) is 0 Å². The van der Waals surface area contributed by atoms with Crippen molar-refractivity contribution in [3.8, 4) is 56.4 Å². The van der Waals surface area contributed by atoms with Crippen molar-refractivity contribution >= 4 is 55.3 Å². The molecule has 0 radical (unpaired) electrons. The molecule has 2 heterocycles. The predicted molar refractivity (Wildman–Crippen MR) is 214 cm³/mol. The number of nitrogens with zero attached hydrogens (tertiary/aromatic N) is 3. The Morgan fingerprint density at radius 2 is 0.882 bits per heavy atom. The topological polar surface area (TPSA) is 38.7 Å². The van der Waals surface area contributed by atoms with Crippen molar-refractivity contribution < 1.29 is 0 Å². The summed E-state index contributed by atoms with van der Waals surface area (Å²) in [6.07, 6.45) is 0. The second kappa shape index (κ2) is 12.3. The summed E-state index contributed by atoms with van der Waals surface area (Å²) in [6.45, 7) is 0. The van der Waals surface area contributed by atoms with Crippen LogP contribution in [0, 0.1) is 0 Å². The first kappa shape index (κ1) is 29.7. The van der Waals surface area contributed by atoms with Gasteiger partial charge in [-0.15, -0.1) is 0 Å². The Balaban J connectivity index is 1.26. The van der Waals surface area contributed by atoms with Crippen LogP contribution in [0.4, 0.5) is 0 Å². The zero-order chi connectivity index (χ0) is 33.7. The third-order valence-electron chi connectivity index (χ3n) is 9.71. The molecular formula is C47H29N3Se. The van der Waals surface area contributed by atoms with Gasteiger partial charge in [0.05, 0.1) is 0 Å². The first-order valence-corrected chi connectivity index (χ1v) is 18.8. The van der Waals surface area contributed by atoms with E-state index in [0.29, 0.717) is 17.5 Å². The van der Waals surface area contributed by atoms with Gasteiger partial charge in [0.15, 0.2) is 0 Å². The molecule has 0 aliphatic rings. The van der Waals surface area contributed by atoms with Gasteiger partial charge in [0.2, 0.25) is 0 Å². The standard InChI is InChI=1S/C47H29N3Se/c1-4-13-30(14-5-1)35-20-12-21-36(29-35)46-48-45(34-18-8-3-9-19-34)49-47(50-46)40-28-27-39-38-26-25-33-24-23-31-15-10-11-22-37(31)41(33)43(38)51-44(39)42(40)32-16-6-2-7-17-32/h1-29H. The molecule has 238 valence electrons. The normalized spacial score (nSPS) is 11.5. The number of hydrogen-bond donors (Lipinski definition) is 0. The number of benzene rings is 8. The zero-order valence-electron chi connectivity index (χ0n) is 27.5. The van der Waals surface area contributed by atoms with E-state index in [4.69, 9.17) is 15.0 Å². The molecule has 0 atom stereocenters. The van der Waals surface area contributed by atoms with Crippen LogP contribution in [0.15, 0.2) is 176 Å². The molecule has 0 unspecified atom stereocenters. The molecule has 8 aromatic carbocycles. The fourth-order valence-corrected chi connectivity index (χ4v) is 10.3. The molecule has 10 rings (SSSR count). The van der Waals surface area contributed by atoms with E-state index in [-0.39, 0.29) is 14.5 Å². The molecule has 0 bridgehead atoms. The van der Waals surface area contributed by atoms with Crippen LogP contribution in [0.1, 0.15) is 0 Å². The Hall–Kier alpha value is -6.19. The van der Waals surface area contributed by atoms with Gasteiger partial charge in [0.1, 0.15) is 0 Å². The van der Waals surface area contributed by atoms with E-state index in [1.54, 1.807) is 0 Å². The van der Waals surface area contributed by atoms with Gasteiger partial charge in [-0.1, -0.05) is 6.07 Å². The molecule has 0 amide bonds. The first-order valence-electron chi connectivity index (χ1n) is 17.1. The van der Waals surface area contributed by atoms with Gasteiger partial charge in [0, 0.05) is 0 Å². The Kier molecular flexibility index (Phi) is 7.16. The molecule has 3 nitrogen and oxygen atoms in total. The van der Waals surface area contributed by atoms with E-state index in [1.165, 1.54) is 52.0 Å². The molecule has 0 fully saturated rings. The van der Waals surface area contributed by atoms with Crippen molar-refractivity contribution in [3.63, 3.8) is 0 Å². The maximum atomic E-state index is 5.27. The van der Waals surface area contributed by atoms with Crippen LogP contribution in [0.3, 0.4) is 0 Å². The Morgan fingerprint density at radius 3 is 1.67 bits per heavy atom. The van der Waals surface area contributed by atoms with Crippen LogP contribution in [-0.2, 0) is 0 Å². The van der Waals surface area contributed by atoms with Gasteiger partial charge in [-0.25, -0.2) is 0 Å². The van der Waals surface area contributed by atoms with Gasteiger partial charge in [-0.3, -0.25) is 0 Å². The van der Waals surface area contributed by atoms with Crippen LogP contribution >= 0.6 is 0 Å². The third-order valence-corrected chi connectivity index (χ3v) is 12.3. The van der Waals surface area contributed by atoms with Crippen molar-refractivity contribution in [1.29, 1.82) is 0 Å². The molecule has 2 aromatic heterocycles. The maximum absolute atomic E-state index is 5.27. The average molecular weight is 715 g/mol. The Bertz CT molecular complexity index is 2900. The number of hydrogen-bond acceptors (Lipinski definition) is 3. The Labute approximate surface area is 301 Å². The van der Waals surface area contributed by atoms with Crippen LogP contribution < -0.4 is 0 Å². The molecule has 4 heteroatoms. The number of aromatic nitrogens is 3. The van der Waals surface area contributed by atoms with E-state index in [9.17, 15) is 0 Å². The number of fused-ring (bicyclic) bond motifs is 7. The molecular weight excluding hydrogens is 685 g/mol. The minimum atomic E-state index is 0.0532. The van der Waals surface area contributed by atoms with Crippen LogP contribution in [0.25, 0.3) is 97.3 Å². The van der Waals surface area contributed by atoms with Crippen molar-refractivity contribution in [2.45, 2.75) is 0 Å². The van der Waals surface area contributed by atoms with E-state index in [0.717, 1.165) is 27.8 Å². The summed E-state index contributed by atoms with van der Waals surface area (Å²) >= 11 is 0.0532. The monoisotopic (exact) mass is 715 g/mol. The summed E-state index contributed by atoms with van der Waals surface area (Å²) < 4.78 is 2.82. The molecule has 51 heavy (non-hydrogen) atoms. The second-order valence-electron chi connectivity index (χ2n) is 12.8. The van der Waals surface area contributed by atoms with Crippen LogP contribution in [0.2, 0.25) is 0 Å². The van der Waals surface area contributed by atoms with E-state index in [2.05, 4.69) is 152 Å². The first-order chi connectivity index (χ1) is 25.3. The zero-order valence-corrected chi connectivity index (χ0v) is 29.2. The third kappa shape index (κ3) is 5.16. The molecule has 0 aliphatic heterocycles. The molecule has 0 aliphatic carbocycles. The minimum absolute atomic E-state index is 0.0532. The van der Waals surface area contributed by atoms with Crippen molar-refractivity contribution in [3.05, 3.63) is 176 Å². The van der Waals surface area contributed by atoms with Crippen LogP contribution in [0.5, 0.6) is 0 Å². The number of rotatable bonds is 5. The fraction of sp³-hybridized carbons (Fsp3) is 0. The van der Waals surface area contributed by atoms with E-state index < -0.39 is 0 Å². The van der Waals surface area contributed by atoms with Crippen molar-refractivity contribution in [1.82, 2.24) is 15.0 Å². The Morgan fingerprint density at radius 1 is 0.333 bits per heavy atom. The fourth-order valence-electron chi connectivity index (χ4n) is 7.27. The SMILES string of the molecule is c1ccc(-c2cccc(-c3nc(-c4ccccc4)nc(-c4ccc5c([se]c6c5ccc5ccc7ccccc7c56)c4-c4ccccc4)n3)c2)cc1. The molecule has 0 spiro atoms. The van der Waals surface area contributed by atoms with Crippen molar-refractivity contribution in [2.24, 2.45) is 0 Å². The average Bonchev–Trinajstić information content (AvgIpc) is 3.60. The molecule has 10 aromatic rings. The predicted octanol–water partition coefficient (Wildman–Crippen LogP) is 11.9. The van der Waals surface area contributed by atoms with Gasteiger partial charge in [-0.2, -0.15) is 0 Å². The van der Waals surface area contributed by atoms with Gasteiger partial charge in [0.25, 0.3) is 0 Å². The molecule has 0 N–H and O–H groups in total. The summed E-state index contributed by atoms with van der Waals surface area (Å²) in [5.74, 6) is 1.99. The summed E-state index contributed by atoms with van der Waals surface area (Å²) in [5.41, 5.74) is 7.58. The van der Waals surface area contributed by atoms with E-state index in [1.807, 2.05) is 24.3 Å². The molecule has 0 saturated carbocycles. The summed E-state index contributed by atoms with van der Waals surface area (Å²) in [4.78, 5) is 15.6. The molecule has 0 saturated heterocycles.